The Hall–Kier alpha value is -2.32. The molecule has 0 unspecified atom stereocenters. The van der Waals surface area contributed by atoms with Gasteiger partial charge in [0.1, 0.15) is 23.2 Å². The van der Waals surface area contributed by atoms with Gasteiger partial charge in [0.2, 0.25) is 0 Å². The number of phenols is 1. The monoisotopic (exact) mass is 227 g/mol. The van der Waals surface area contributed by atoms with E-state index in [0.717, 1.165) is 11.3 Å². The fourth-order valence-corrected chi connectivity index (χ4v) is 1.95. The van der Waals surface area contributed by atoms with E-state index in [4.69, 9.17) is 4.74 Å². The number of phenolic OH excluding ortho intramolecular Hbond substituents is 1. The molecule has 0 bridgehead atoms. The summed E-state index contributed by atoms with van der Waals surface area (Å²) in [4.78, 5) is 0. The number of benzene rings is 1. The molecule has 0 fully saturated rings. The molecule has 0 aliphatic carbocycles. The minimum atomic E-state index is 0.103. The third-order valence-electron chi connectivity index (χ3n) is 2.77. The number of hydrogen-bond acceptors (Lipinski definition) is 4. The molecule has 0 saturated carbocycles. The maximum absolute atomic E-state index is 9.77. The maximum atomic E-state index is 9.77. The molecule has 0 amide bonds. The van der Waals surface area contributed by atoms with Gasteiger partial charge in [-0.25, -0.2) is 4.68 Å². The highest BCUT2D eigenvalue weighted by atomic mass is 16.5. The minimum absolute atomic E-state index is 0.103. The highest BCUT2D eigenvalue weighted by Gasteiger charge is 2.24. The first-order valence-corrected chi connectivity index (χ1v) is 5.18. The van der Waals surface area contributed by atoms with Crippen LogP contribution in [0.3, 0.4) is 0 Å². The van der Waals surface area contributed by atoms with E-state index in [1.807, 2.05) is 0 Å². The SMILES string of the molecule is N#Cc1c2c(nn1-c1ccccc1O)COC2. The van der Waals surface area contributed by atoms with Crippen molar-refractivity contribution in [3.05, 3.63) is 41.2 Å². The highest BCUT2D eigenvalue weighted by Crippen LogP contribution is 2.28. The maximum Gasteiger partial charge on any atom is 0.150 e. The summed E-state index contributed by atoms with van der Waals surface area (Å²) >= 11 is 0. The number of nitrogens with zero attached hydrogens (tertiary/aromatic N) is 3. The molecule has 5 heteroatoms. The summed E-state index contributed by atoms with van der Waals surface area (Å²) in [6.45, 7) is 0.830. The van der Waals surface area contributed by atoms with Gasteiger partial charge in [0.15, 0.2) is 0 Å². The summed E-state index contributed by atoms with van der Waals surface area (Å²) in [7, 11) is 0. The molecule has 2 heterocycles. The normalized spacial score (nSPS) is 13.4. The van der Waals surface area contributed by atoms with Crippen LogP contribution >= 0.6 is 0 Å². The zero-order chi connectivity index (χ0) is 11.8. The molecular weight excluding hydrogens is 218 g/mol. The second kappa shape index (κ2) is 3.61. The van der Waals surface area contributed by atoms with Crippen LogP contribution in [-0.4, -0.2) is 14.9 Å². The number of ether oxygens (including phenoxy) is 1. The largest absolute Gasteiger partial charge is 0.506 e. The first-order valence-electron chi connectivity index (χ1n) is 5.18. The number of aromatic hydroxyl groups is 1. The van der Waals surface area contributed by atoms with Crippen LogP contribution in [0.15, 0.2) is 24.3 Å². The average Bonchev–Trinajstić information content (AvgIpc) is 2.89. The second-order valence-corrected chi connectivity index (χ2v) is 3.78. The van der Waals surface area contributed by atoms with E-state index in [0.29, 0.717) is 24.6 Å². The average molecular weight is 227 g/mol. The third kappa shape index (κ3) is 1.39. The summed E-state index contributed by atoms with van der Waals surface area (Å²) < 4.78 is 6.70. The Bertz CT molecular complexity index is 625. The van der Waals surface area contributed by atoms with Gasteiger partial charge in [0.25, 0.3) is 0 Å². The van der Waals surface area contributed by atoms with E-state index in [1.54, 1.807) is 24.3 Å². The Balaban J connectivity index is 2.23. The summed E-state index contributed by atoms with van der Waals surface area (Å²) in [5.41, 5.74) is 2.53. The molecule has 0 saturated heterocycles. The molecule has 84 valence electrons. The highest BCUT2D eigenvalue weighted by molar-refractivity contribution is 5.50. The lowest BCUT2D eigenvalue weighted by molar-refractivity contribution is 0.131. The van der Waals surface area contributed by atoms with E-state index in [2.05, 4.69) is 11.2 Å². The van der Waals surface area contributed by atoms with Crippen molar-refractivity contribution >= 4 is 0 Å². The summed E-state index contributed by atoms with van der Waals surface area (Å²) in [6, 6.07) is 8.92. The molecule has 1 aliphatic rings. The van der Waals surface area contributed by atoms with Gasteiger partial charge < -0.3 is 9.84 Å². The van der Waals surface area contributed by atoms with E-state index in [9.17, 15) is 10.4 Å². The fraction of sp³-hybridized carbons (Fsp3) is 0.167. The van der Waals surface area contributed by atoms with Crippen LogP contribution in [0.4, 0.5) is 0 Å². The minimum Gasteiger partial charge on any atom is -0.506 e. The molecule has 1 aliphatic heterocycles. The van der Waals surface area contributed by atoms with Crippen molar-refractivity contribution in [2.75, 3.05) is 0 Å². The van der Waals surface area contributed by atoms with Gasteiger partial charge in [-0.2, -0.15) is 10.4 Å². The summed E-state index contributed by atoms with van der Waals surface area (Å²) in [5, 5.41) is 23.3. The van der Waals surface area contributed by atoms with Gasteiger partial charge in [0.05, 0.1) is 18.9 Å². The topological polar surface area (TPSA) is 71.1 Å². The Kier molecular flexibility index (Phi) is 2.10. The number of nitriles is 1. The van der Waals surface area contributed by atoms with Crippen LogP contribution < -0.4 is 0 Å². The standard InChI is InChI=1S/C12H9N3O2/c13-5-11-8-6-17-7-9(8)14-15(11)10-3-1-2-4-12(10)16/h1-4,16H,6-7H2. The van der Waals surface area contributed by atoms with Gasteiger partial charge in [-0.05, 0) is 12.1 Å². The number of fused-ring (bicyclic) bond motifs is 1. The van der Waals surface area contributed by atoms with Crippen LogP contribution in [0.25, 0.3) is 5.69 Å². The van der Waals surface area contributed by atoms with Gasteiger partial charge >= 0.3 is 0 Å². The van der Waals surface area contributed by atoms with Gasteiger partial charge in [-0.3, -0.25) is 0 Å². The second-order valence-electron chi connectivity index (χ2n) is 3.78. The fourth-order valence-electron chi connectivity index (χ4n) is 1.95. The lowest BCUT2D eigenvalue weighted by atomic mass is 10.2. The number of aromatic nitrogens is 2. The molecule has 1 N–H and O–H groups in total. The van der Waals surface area contributed by atoms with Gasteiger partial charge in [0, 0.05) is 5.56 Å². The van der Waals surface area contributed by atoms with Crippen molar-refractivity contribution < 1.29 is 9.84 Å². The predicted molar refractivity (Wildman–Crippen MR) is 58.4 cm³/mol. The summed E-state index contributed by atoms with van der Waals surface area (Å²) in [6.07, 6.45) is 0. The van der Waals surface area contributed by atoms with Crippen molar-refractivity contribution in [3.8, 4) is 17.5 Å². The van der Waals surface area contributed by atoms with Crippen LogP contribution in [0.5, 0.6) is 5.75 Å². The molecule has 0 spiro atoms. The quantitative estimate of drug-likeness (QED) is 0.801. The molecule has 1 aromatic carbocycles. The van der Waals surface area contributed by atoms with E-state index in [-0.39, 0.29) is 5.75 Å². The zero-order valence-corrected chi connectivity index (χ0v) is 8.92. The van der Waals surface area contributed by atoms with E-state index < -0.39 is 0 Å². The van der Waals surface area contributed by atoms with Crippen LogP contribution in [0.1, 0.15) is 17.0 Å². The van der Waals surface area contributed by atoms with Crippen LogP contribution in [0, 0.1) is 11.3 Å². The Morgan fingerprint density at radius 2 is 2.18 bits per heavy atom. The van der Waals surface area contributed by atoms with E-state index >= 15 is 0 Å². The molecule has 1 aromatic heterocycles. The van der Waals surface area contributed by atoms with Crippen molar-refractivity contribution in [1.82, 2.24) is 9.78 Å². The molecule has 0 radical (unpaired) electrons. The third-order valence-corrected chi connectivity index (χ3v) is 2.77. The lowest BCUT2D eigenvalue weighted by Crippen LogP contribution is -2.02. The first-order chi connectivity index (χ1) is 8.31. The van der Waals surface area contributed by atoms with Crippen molar-refractivity contribution in [2.45, 2.75) is 13.2 Å². The van der Waals surface area contributed by atoms with Crippen molar-refractivity contribution in [3.63, 3.8) is 0 Å². The first kappa shape index (κ1) is 9.87. The molecule has 3 rings (SSSR count). The predicted octanol–water partition coefficient (Wildman–Crippen LogP) is 1.48. The van der Waals surface area contributed by atoms with Gasteiger partial charge in [-0.15, -0.1) is 0 Å². The summed E-state index contributed by atoms with van der Waals surface area (Å²) in [5.74, 6) is 0.103. The molecular formula is C12H9N3O2. The Labute approximate surface area is 97.5 Å². The van der Waals surface area contributed by atoms with Crippen LogP contribution in [-0.2, 0) is 18.0 Å². The molecule has 17 heavy (non-hydrogen) atoms. The number of hydrogen-bond donors (Lipinski definition) is 1. The zero-order valence-electron chi connectivity index (χ0n) is 8.92. The van der Waals surface area contributed by atoms with Gasteiger partial charge in [-0.1, -0.05) is 12.1 Å². The molecule has 2 aromatic rings. The smallest absolute Gasteiger partial charge is 0.150 e. The lowest BCUT2D eigenvalue weighted by Gasteiger charge is -2.05. The Morgan fingerprint density at radius 1 is 1.35 bits per heavy atom. The number of para-hydroxylation sites is 2. The van der Waals surface area contributed by atoms with Crippen molar-refractivity contribution in [1.29, 1.82) is 5.26 Å². The van der Waals surface area contributed by atoms with Crippen molar-refractivity contribution in [2.24, 2.45) is 0 Å². The molecule has 5 nitrogen and oxygen atoms in total. The Morgan fingerprint density at radius 3 is 2.94 bits per heavy atom. The van der Waals surface area contributed by atoms with Crippen LogP contribution in [0.2, 0.25) is 0 Å². The van der Waals surface area contributed by atoms with E-state index in [1.165, 1.54) is 4.68 Å². The molecule has 0 atom stereocenters. The number of rotatable bonds is 1.